The minimum absolute atomic E-state index is 0.0235. The van der Waals surface area contributed by atoms with Gasteiger partial charge in [-0.3, -0.25) is 14.6 Å². The summed E-state index contributed by atoms with van der Waals surface area (Å²) in [4.78, 5) is 18.8. The van der Waals surface area contributed by atoms with Gasteiger partial charge in [0.1, 0.15) is 11.9 Å². The average Bonchev–Trinajstić information content (AvgIpc) is 2.49. The standard InChI is InChI=1S/C17H24FN3O2/c1-19(2)16(14-5-3-4-6-15(14)18)17(22)21-11-13(12-21)20-7-9-23-10-8-20/h3-6,13,16H,7-12H2,1-2H3. The van der Waals surface area contributed by atoms with Gasteiger partial charge in [-0.1, -0.05) is 18.2 Å². The Bertz CT molecular complexity index is 555. The second-order valence-electron chi connectivity index (χ2n) is 6.43. The summed E-state index contributed by atoms with van der Waals surface area (Å²) in [7, 11) is 3.63. The molecule has 1 unspecified atom stereocenters. The van der Waals surface area contributed by atoms with E-state index in [0.717, 1.165) is 39.4 Å². The summed E-state index contributed by atoms with van der Waals surface area (Å²) in [5, 5.41) is 0. The van der Waals surface area contributed by atoms with Gasteiger partial charge in [0, 0.05) is 37.8 Å². The lowest BCUT2D eigenvalue weighted by Crippen LogP contribution is -2.64. The van der Waals surface area contributed by atoms with Crippen molar-refractivity contribution < 1.29 is 13.9 Å². The second-order valence-corrected chi connectivity index (χ2v) is 6.43. The zero-order valence-electron chi connectivity index (χ0n) is 13.7. The lowest BCUT2D eigenvalue weighted by molar-refractivity contribution is -0.145. The molecule has 1 atom stereocenters. The molecule has 1 aromatic rings. The van der Waals surface area contributed by atoms with Crippen molar-refractivity contribution in [2.45, 2.75) is 12.1 Å². The van der Waals surface area contributed by atoms with E-state index in [1.807, 2.05) is 19.0 Å². The molecule has 1 aromatic carbocycles. The summed E-state index contributed by atoms with van der Waals surface area (Å²) < 4.78 is 19.5. The van der Waals surface area contributed by atoms with Crippen LogP contribution in [0.4, 0.5) is 4.39 Å². The fraction of sp³-hybridized carbons (Fsp3) is 0.588. The highest BCUT2D eigenvalue weighted by molar-refractivity contribution is 5.84. The Labute approximate surface area is 136 Å². The van der Waals surface area contributed by atoms with Crippen molar-refractivity contribution in [3.05, 3.63) is 35.6 Å². The Morgan fingerprint density at radius 1 is 1.26 bits per heavy atom. The topological polar surface area (TPSA) is 36.0 Å². The Balaban J connectivity index is 1.65. The van der Waals surface area contributed by atoms with Gasteiger partial charge in [-0.15, -0.1) is 0 Å². The molecular weight excluding hydrogens is 297 g/mol. The minimum atomic E-state index is -0.568. The van der Waals surface area contributed by atoms with E-state index >= 15 is 0 Å². The zero-order chi connectivity index (χ0) is 16.4. The van der Waals surface area contributed by atoms with E-state index in [-0.39, 0.29) is 11.7 Å². The maximum atomic E-state index is 14.1. The van der Waals surface area contributed by atoms with Gasteiger partial charge in [-0.2, -0.15) is 0 Å². The van der Waals surface area contributed by atoms with Gasteiger partial charge in [0.05, 0.1) is 13.2 Å². The third kappa shape index (κ3) is 3.39. The summed E-state index contributed by atoms with van der Waals surface area (Å²) in [5.74, 6) is -0.352. The Morgan fingerprint density at radius 3 is 2.52 bits per heavy atom. The number of halogens is 1. The number of nitrogens with zero attached hydrogens (tertiary/aromatic N) is 3. The lowest BCUT2D eigenvalue weighted by atomic mass is 9.99. The molecule has 0 bridgehead atoms. The summed E-state index contributed by atoms with van der Waals surface area (Å²) in [6.45, 7) is 4.82. The van der Waals surface area contributed by atoms with Crippen LogP contribution in [0.5, 0.6) is 0 Å². The van der Waals surface area contributed by atoms with E-state index in [1.165, 1.54) is 6.07 Å². The fourth-order valence-electron chi connectivity index (χ4n) is 3.31. The molecule has 2 aliphatic rings. The molecule has 2 fully saturated rings. The van der Waals surface area contributed by atoms with Crippen LogP contribution in [0.25, 0.3) is 0 Å². The van der Waals surface area contributed by atoms with Gasteiger partial charge in [0.15, 0.2) is 0 Å². The first-order chi connectivity index (χ1) is 11.1. The van der Waals surface area contributed by atoms with Gasteiger partial charge in [-0.25, -0.2) is 4.39 Å². The SMILES string of the molecule is CN(C)C(C(=O)N1CC(N2CCOCC2)C1)c1ccccc1F. The number of carbonyl (C=O) groups is 1. The zero-order valence-corrected chi connectivity index (χ0v) is 13.7. The number of carbonyl (C=O) groups excluding carboxylic acids is 1. The molecule has 1 amide bonds. The van der Waals surface area contributed by atoms with Gasteiger partial charge in [0.25, 0.3) is 0 Å². The summed E-state index contributed by atoms with van der Waals surface area (Å²) in [6, 6.07) is 6.36. The maximum Gasteiger partial charge on any atom is 0.244 e. The number of likely N-dealkylation sites (tertiary alicyclic amines) is 1. The van der Waals surface area contributed by atoms with E-state index in [2.05, 4.69) is 4.90 Å². The Kier molecular flexibility index (Phi) is 4.94. The third-order valence-corrected chi connectivity index (χ3v) is 4.69. The molecule has 2 aliphatic heterocycles. The van der Waals surface area contributed by atoms with Crippen LogP contribution in [0.15, 0.2) is 24.3 Å². The predicted molar refractivity (Wildman–Crippen MR) is 85.6 cm³/mol. The number of ether oxygens (including phenoxy) is 1. The fourth-order valence-corrected chi connectivity index (χ4v) is 3.31. The Hall–Kier alpha value is -1.50. The Morgan fingerprint density at radius 2 is 1.91 bits per heavy atom. The van der Waals surface area contributed by atoms with Crippen LogP contribution in [-0.2, 0) is 9.53 Å². The first-order valence-corrected chi connectivity index (χ1v) is 8.09. The highest BCUT2D eigenvalue weighted by Crippen LogP contribution is 2.27. The normalized spacial score (nSPS) is 21.3. The van der Waals surface area contributed by atoms with Crippen molar-refractivity contribution in [3.63, 3.8) is 0 Å². The van der Waals surface area contributed by atoms with Gasteiger partial charge >= 0.3 is 0 Å². The van der Waals surface area contributed by atoms with Crippen molar-refractivity contribution >= 4 is 5.91 Å². The van der Waals surface area contributed by atoms with Crippen molar-refractivity contribution in [1.82, 2.24) is 14.7 Å². The van der Waals surface area contributed by atoms with Gasteiger partial charge in [0.2, 0.25) is 5.91 Å². The molecule has 3 rings (SSSR count). The summed E-state index contributed by atoms with van der Waals surface area (Å²) in [6.07, 6.45) is 0. The van der Waals surface area contributed by atoms with E-state index in [4.69, 9.17) is 4.74 Å². The molecule has 2 heterocycles. The lowest BCUT2D eigenvalue weighted by Gasteiger charge is -2.47. The van der Waals surface area contributed by atoms with E-state index < -0.39 is 6.04 Å². The molecular formula is C17H24FN3O2. The number of amides is 1. The quantitative estimate of drug-likeness (QED) is 0.828. The molecule has 0 N–H and O–H groups in total. The highest BCUT2D eigenvalue weighted by Gasteiger charge is 2.39. The van der Waals surface area contributed by atoms with E-state index in [9.17, 15) is 9.18 Å². The van der Waals surface area contributed by atoms with Crippen LogP contribution in [-0.4, -0.2) is 80.1 Å². The molecule has 6 heteroatoms. The maximum absolute atomic E-state index is 14.1. The number of rotatable bonds is 4. The highest BCUT2D eigenvalue weighted by atomic mass is 19.1. The predicted octanol–water partition coefficient (Wildman–Crippen LogP) is 0.971. The van der Waals surface area contributed by atoms with Gasteiger partial charge < -0.3 is 9.64 Å². The van der Waals surface area contributed by atoms with Crippen molar-refractivity contribution in [2.24, 2.45) is 0 Å². The molecule has 0 aromatic heterocycles. The van der Waals surface area contributed by atoms with Crippen LogP contribution in [0.2, 0.25) is 0 Å². The van der Waals surface area contributed by atoms with Crippen molar-refractivity contribution in [1.29, 1.82) is 0 Å². The minimum Gasteiger partial charge on any atom is -0.379 e. The number of hydrogen-bond donors (Lipinski definition) is 0. The second kappa shape index (κ2) is 6.95. The van der Waals surface area contributed by atoms with Crippen molar-refractivity contribution in [2.75, 3.05) is 53.5 Å². The smallest absolute Gasteiger partial charge is 0.244 e. The largest absolute Gasteiger partial charge is 0.379 e. The monoisotopic (exact) mass is 321 g/mol. The summed E-state index contributed by atoms with van der Waals surface area (Å²) >= 11 is 0. The average molecular weight is 321 g/mol. The van der Waals surface area contributed by atoms with Crippen LogP contribution in [0, 0.1) is 5.82 Å². The van der Waals surface area contributed by atoms with Crippen LogP contribution >= 0.6 is 0 Å². The number of benzene rings is 1. The number of morpholine rings is 1. The molecule has 0 saturated carbocycles. The molecule has 0 radical (unpaired) electrons. The molecule has 0 spiro atoms. The van der Waals surface area contributed by atoms with Crippen LogP contribution in [0.3, 0.4) is 0 Å². The molecule has 126 valence electrons. The molecule has 5 nitrogen and oxygen atoms in total. The summed E-state index contributed by atoms with van der Waals surface area (Å²) in [5.41, 5.74) is 0.442. The first-order valence-electron chi connectivity index (χ1n) is 8.09. The van der Waals surface area contributed by atoms with Crippen molar-refractivity contribution in [3.8, 4) is 0 Å². The number of likely N-dealkylation sites (N-methyl/N-ethyl adjacent to an activating group) is 1. The van der Waals surface area contributed by atoms with Crippen LogP contribution in [0.1, 0.15) is 11.6 Å². The molecule has 0 aliphatic carbocycles. The number of hydrogen-bond acceptors (Lipinski definition) is 4. The first kappa shape index (κ1) is 16.4. The van der Waals surface area contributed by atoms with Crippen LogP contribution < -0.4 is 0 Å². The molecule has 23 heavy (non-hydrogen) atoms. The third-order valence-electron chi connectivity index (χ3n) is 4.69. The van der Waals surface area contributed by atoms with E-state index in [0.29, 0.717) is 11.6 Å². The molecule has 2 saturated heterocycles. The van der Waals surface area contributed by atoms with Gasteiger partial charge in [-0.05, 0) is 20.2 Å². The van der Waals surface area contributed by atoms with E-state index in [1.54, 1.807) is 23.1 Å².